The largest absolute Gasteiger partial charge is 0.480 e. The van der Waals surface area contributed by atoms with Crippen molar-refractivity contribution in [2.75, 3.05) is 6.54 Å². The van der Waals surface area contributed by atoms with Gasteiger partial charge < -0.3 is 15.3 Å². The Morgan fingerprint density at radius 1 is 1.05 bits per heavy atom. The van der Waals surface area contributed by atoms with Gasteiger partial charge in [-0.15, -0.1) is 0 Å². The van der Waals surface area contributed by atoms with Crippen LogP contribution in [0.5, 0.6) is 0 Å². The lowest BCUT2D eigenvalue weighted by atomic mass is 9.99. The van der Waals surface area contributed by atoms with Gasteiger partial charge in [-0.2, -0.15) is 0 Å². The van der Waals surface area contributed by atoms with Crippen LogP contribution in [0.3, 0.4) is 0 Å². The van der Waals surface area contributed by atoms with Gasteiger partial charge in [-0.3, -0.25) is 0 Å². The first-order chi connectivity index (χ1) is 9.78. The lowest BCUT2D eigenvalue weighted by molar-refractivity contribution is -0.140. The van der Waals surface area contributed by atoms with E-state index in [1.807, 2.05) is 13.8 Å². The highest BCUT2D eigenvalue weighted by atomic mass is 16.4. The van der Waals surface area contributed by atoms with Gasteiger partial charge in [0.05, 0.1) is 0 Å². The summed E-state index contributed by atoms with van der Waals surface area (Å²) in [5, 5.41) is 12.0. The normalized spacial score (nSPS) is 14.1. The van der Waals surface area contributed by atoms with Crippen LogP contribution < -0.4 is 5.32 Å². The standard InChI is InChI=1S/C16H32N2O3/c1-7-12(6)14(15(19)20)17-16(21)18(10-11(4)5)13(8-2)9-3/h11-14H,7-10H2,1-6H3,(H,17,21)(H,19,20). The summed E-state index contributed by atoms with van der Waals surface area (Å²) in [4.78, 5) is 25.7. The Kier molecular flexibility index (Phi) is 9.06. The van der Waals surface area contributed by atoms with E-state index >= 15 is 0 Å². The SMILES string of the molecule is CCC(C)C(NC(=O)N(CC(C)C)C(CC)CC)C(=O)O. The molecule has 2 N–H and O–H groups in total. The second-order valence-electron chi connectivity index (χ2n) is 6.17. The number of carboxylic acid groups (broad SMARTS) is 1. The van der Waals surface area contributed by atoms with Gasteiger partial charge in [-0.05, 0) is 24.7 Å². The van der Waals surface area contributed by atoms with Gasteiger partial charge in [0.2, 0.25) is 0 Å². The molecule has 0 fully saturated rings. The van der Waals surface area contributed by atoms with Crippen molar-refractivity contribution in [1.29, 1.82) is 0 Å². The summed E-state index contributed by atoms with van der Waals surface area (Å²) >= 11 is 0. The fourth-order valence-electron chi connectivity index (χ4n) is 2.42. The van der Waals surface area contributed by atoms with Gasteiger partial charge in [-0.1, -0.05) is 48.0 Å². The van der Waals surface area contributed by atoms with Gasteiger partial charge in [0.1, 0.15) is 6.04 Å². The first-order valence-electron chi connectivity index (χ1n) is 8.08. The fraction of sp³-hybridized carbons (Fsp3) is 0.875. The molecule has 124 valence electrons. The van der Waals surface area contributed by atoms with Gasteiger partial charge >= 0.3 is 12.0 Å². The van der Waals surface area contributed by atoms with Crippen LogP contribution in [0.4, 0.5) is 4.79 Å². The molecule has 21 heavy (non-hydrogen) atoms. The fourth-order valence-corrected chi connectivity index (χ4v) is 2.42. The van der Waals surface area contributed by atoms with Crippen LogP contribution in [-0.4, -0.2) is 40.6 Å². The van der Waals surface area contributed by atoms with Crippen LogP contribution in [0.25, 0.3) is 0 Å². The van der Waals surface area contributed by atoms with Crippen molar-refractivity contribution in [3.8, 4) is 0 Å². The molecule has 0 saturated carbocycles. The van der Waals surface area contributed by atoms with Gasteiger partial charge in [0, 0.05) is 12.6 Å². The molecule has 0 aromatic heterocycles. The highest BCUT2D eigenvalue weighted by Gasteiger charge is 2.29. The van der Waals surface area contributed by atoms with Crippen molar-refractivity contribution in [3.05, 3.63) is 0 Å². The van der Waals surface area contributed by atoms with Crippen molar-refractivity contribution in [3.63, 3.8) is 0 Å². The molecular weight excluding hydrogens is 268 g/mol. The maximum absolute atomic E-state index is 12.5. The minimum absolute atomic E-state index is 0.0888. The van der Waals surface area contributed by atoms with Crippen molar-refractivity contribution in [2.45, 2.75) is 72.9 Å². The number of hydrogen-bond donors (Lipinski definition) is 2. The average Bonchev–Trinajstić information content (AvgIpc) is 2.43. The van der Waals surface area contributed by atoms with E-state index in [0.29, 0.717) is 18.9 Å². The van der Waals surface area contributed by atoms with Gasteiger partial charge in [0.25, 0.3) is 0 Å². The quantitative estimate of drug-likeness (QED) is 0.686. The molecule has 2 atom stereocenters. The third-order valence-electron chi connectivity index (χ3n) is 3.96. The highest BCUT2D eigenvalue weighted by molar-refractivity contribution is 5.83. The van der Waals surface area contributed by atoms with Crippen molar-refractivity contribution >= 4 is 12.0 Å². The Balaban J connectivity index is 5.05. The summed E-state index contributed by atoms with van der Waals surface area (Å²) in [7, 11) is 0. The molecule has 2 unspecified atom stereocenters. The first kappa shape index (κ1) is 19.7. The molecule has 5 heteroatoms. The molecular formula is C16H32N2O3. The summed E-state index contributed by atoms with van der Waals surface area (Å²) in [5.41, 5.74) is 0. The minimum Gasteiger partial charge on any atom is -0.480 e. The molecule has 0 bridgehead atoms. The summed E-state index contributed by atoms with van der Waals surface area (Å²) < 4.78 is 0. The number of urea groups is 1. The number of amides is 2. The van der Waals surface area contributed by atoms with Crippen LogP contribution in [0.2, 0.25) is 0 Å². The van der Waals surface area contributed by atoms with E-state index in [4.69, 9.17) is 0 Å². The van der Waals surface area contributed by atoms with Crippen LogP contribution in [0, 0.1) is 11.8 Å². The lowest BCUT2D eigenvalue weighted by Crippen LogP contribution is -2.53. The van der Waals surface area contributed by atoms with E-state index in [9.17, 15) is 14.7 Å². The van der Waals surface area contributed by atoms with E-state index in [0.717, 1.165) is 12.8 Å². The molecule has 0 rings (SSSR count). The molecule has 0 heterocycles. The predicted octanol–water partition coefficient (Wildman–Crippen LogP) is 3.34. The topological polar surface area (TPSA) is 69.6 Å². The number of nitrogens with one attached hydrogen (secondary N) is 1. The van der Waals surface area contributed by atoms with E-state index < -0.39 is 12.0 Å². The van der Waals surface area contributed by atoms with E-state index in [1.165, 1.54) is 0 Å². The minimum atomic E-state index is -0.966. The molecule has 0 aliphatic heterocycles. The summed E-state index contributed by atoms with van der Waals surface area (Å²) in [6.45, 7) is 12.7. The third-order valence-corrected chi connectivity index (χ3v) is 3.96. The molecule has 0 radical (unpaired) electrons. The summed E-state index contributed by atoms with van der Waals surface area (Å²) in [6.07, 6.45) is 2.46. The Morgan fingerprint density at radius 3 is 1.90 bits per heavy atom. The Morgan fingerprint density at radius 2 is 1.57 bits per heavy atom. The number of carbonyl (C=O) groups is 2. The number of rotatable bonds is 9. The summed E-state index contributed by atoms with van der Waals surface area (Å²) in [6, 6.07) is -0.935. The molecule has 0 saturated heterocycles. The molecule has 0 aliphatic carbocycles. The van der Waals surface area contributed by atoms with Gasteiger partial charge in [0.15, 0.2) is 0 Å². The summed E-state index contributed by atoms with van der Waals surface area (Å²) in [5.74, 6) is -0.705. The Bertz CT molecular complexity index is 327. The van der Waals surface area contributed by atoms with E-state index in [-0.39, 0.29) is 18.0 Å². The van der Waals surface area contributed by atoms with Crippen LogP contribution in [-0.2, 0) is 4.79 Å². The third kappa shape index (κ3) is 6.36. The number of aliphatic carboxylic acids is 1. The second kappa shape index (κ2) is 9.64. The maximum Gasteiger partial charge on any atom is 0.326 e. The smallest absolute Gasteiger partial charge is 0.326 e. The zero-order valence-corrected chi connectivity index (χ0v) is 14.3. The Hall–Kier alpha value is -1.26. The van der Waals surface area contributed by atoms with Crippen molar-refractivity contribution in [1.82, 2.24) is 10.2 Å². The molecule has 0 aromatic rings. The number of carboxylic acids is 1. The molecule has 0 aromatic carbocycles. The van der Waals surface area contributed by atoms with E-state index in [2.05, 4.69) is 33.0 Å². The van der Waals surface area contributed by atoms with Crippen LogP contribution >= 0.6 is 0 Å². The number of hydrogen-bond acceptors (Lipinski definition) is 2. The van der Waals surface area contributed by atoms with Crippen molar-refractivity contribution < 1.29 is 14.7 Å². The van der Waals surface area contributed by atoms with E-state index in [1.54, 1.807) is 4.90 Å². The van der Waals surface area contributed by atoms with Crippen LogP contribution in [0.1, 0.15) is 60.8 Å². The molecule has 5 nitrogen and oxygen atoms in total. The second-order valence-corrected chi connectivity index (χ2v) is 6.17. The average molecular weight is 300 g/mol. The first-order valence-corrected chi connectivity index (χ1v) is 8.08. The number of nitrogens with zero attached hydrogens (tertiary/aromatic N) is 1. The number of carbonyl (C=O) groups excluding carboxylic acids is 1. The zero-order chi connectivity index (χ0) is 16.6. The van der Waals surface area contributed by atoms with Crippen molar-refractivity contribution in [2.24, 2.45) is 11.8 Å². The molecule has 2 amide bonds. The molecule has 0 aliphatic rings. The Labute approximate surface area is 129 Å². The highest BCUT2D eigenvalue weighted by Crippen LogP contribution is 2.14. The predicted molar refractivity (Wildman–Crippen MR) is 85.3 cm³/mol. The monoisotopic (exact) mass is 300 g/mol. The lowest BCUT2D eigenvalue weighted by Gasteiger charge is -2.34. The van der Waals surface area contributed by atoms with Crippen LogP contribution in [0.15, 0.2) is 0 Å². The van der Waals surface area contributed by atoms with Gasteiger partial charge in [-0.25, -0.2) is 9.59 Å². The molecule has 0 spiro atoms. The maximum atomic E-state index is 12.5. The zero-order valence-electron chi connectivity index (χ0n) is 14.3.